The molecule has 2 N–H and O–H groups in total. The Bertz CT molecular complexity index is 1460. The maximum absolute atomic E-state index is 13.0. The van der Waals surface area contributed by atoms with Crippen LogP contribution in [0, 0.1) is 6.92 Å². The van der Waals surface area contributed by atoms with E-state index in [1.54, 1.807) is 6.20 Å². The monoisotopic (exact) mass is 606 g/mol. The second-order valence-electron chi connectivity index (χ2n) is 9.54. The largest absolute Gasteiger partial charge is 0.386 e. The highest BCUT2D eigenvalue weighted by Crippen LogP contribution is 2.35. The number of carbonyl (C=O) groups is 1. The van der Waals surface area contributed by atoms with Crippen LogP contribution < -0.4 is 15.3 Å². The van der Waals surface area contributed by atoms with Crippen LogP contribution in [0.1, 0.15) is 45.5 Å². The molecule has 3 heterocycles. The number of nitrogens with zero attached hydrogens (tertiary/aromatic N) is 4. The van der Waals surface area contributed by atoms with Gasteiger partial charge in [-0.1, -0.05) is 43.4 Å². The first-order valence-electron chi connectivity index (χ1n) is 14.2. The summed E-state index contributed by atoms with van der Waals surface area (Å²) in [4.78, 5) is 27.8. The maximum atomic E-state index is 13.0. The molecular weight excluding hydrogens is 565 g/mol. The van der Waals surface area contributed by atoms with Crippen molar-refractivity contribution in [2.45, 2.75) is 47.2 Å². The number of amides is 1. The zero-order valence-electron chi connectivity index (χ0n) is 25.9. The number of pyridine rings is 1. The molecule has 0 fully saturated rings. The van der Waals surface area contributed by atoms with Crippen LogP contribution >= 0.6 is 0 Å². The van der Waals surface area contributed by atoms with Crippen LogP contribution in [0.4, 0.5) is 30.4 Å². The lowest BCUT2D eigenvalue weighted by Crippen LogP contribution is -2.44. The first kappa shape index (κ1) is 35.3. The molecule has 1 amide bonds. The van der Waals surface area contributed by atoms with Gasteiger partial charge in [-0.05, 0) is 75.2 Å². The van der Waals surface area contributed by atoms with Gasteiger partial charge in [-0.15, -0.1) is 13.2 Å². The summed E-state index contributed by atoms with van der Waals surface area (Å²) in [7, 11) is 0. The third-order valence-electron chi connectivity index (χ3n) is 6.09. The lowest BCUT2D eigenvalue weighted by atomic mass is 10.1. The van der Waals surface area contributed by atoms with E-state index in [9.17, 15) is 18.0 Å². The number of anilines is 3. The Balaban J connectivity index is 0.000000876. The first-order chi connectivity index (χ1) is 21.0. The van der Waals surface area contributed by atoms with Crippen molar-refractivity contribution in [2.24, 2.45) is 0 Å². The number of halogens is 3. The van der Waals surface area contributed by atoms with Gasteiger partial charge in [0.1, 0.15) is 12.4 Å². The van der Waals surface area contributed by atoms with Crippen LogP contribution in [-0.4, -0.2) is 40.1 Å². The fourth-order valence-corrected chi connectivity index (χ4v) is 4.13. The highest BCUT2D eigenvalue weighted by Gasteiger charge is 2.27. The van der Waals surface area contributed by atoms with Gasteiger partial charge in [0.05, 0.1) is 17.9 Å². The summed E-state index contributed by atoms with van der Waals surface area (Å²) in [6.45, 7) is 15.0. The predicted molar refractivity (Wildman–Crippen MR) is 176 cm³/mol. The fourth-order valence-electron chi connectivity index (χ4n) is 4.13. The Hall–Kier alpha value is -4.86. The molecule has 0 unspecified atom stereocenters. The smallest absolute Gasteiger partial charge is 0.342 e. The summed E-state index contributed by atoms with van der Waals surface area (Å²) in [5.41, 5.74) is 8.84. The minimum Gasteiger partial charge on any atom is -0.342 e. The van der Waals surface area contributed by atoms with Crippen molar-refractivity contribution < 1.29 is 18.0 Å². The van der Waals surface area contributed by atoms with Crippen LogP contribution in [0.15, 0.2) is 97.8 Å². The van der Waals surface area contributed by atoms with Gasteiger partial charge in [-0.3, -0.25) is 15.2 Å². The molecule has 1 aliphatic heterocycles. The summed E-state index contributed by atoms with van der Waals surface area (Å²) in [6, 6.07) is 12.0. The Morgan fingerprint density at radius 3 is 2.41 bits per heavy atom. The number of aromatic amines is 1. The van der Waals surface area contributed by atoms with Crippen molar-refractivity contribution in [2.75, 3.05) is 23.0 Å². The minimum atomic E-state index is -4.00. The molecule has 44 heavy (non-hydrogen) atoms. The molecule has 0 saturated carbocycles. The minimum absolute atomic E-state index is 0.107. The van der Waals surface area contributed by atoms with Crippen LogP contribution in [0.5, 0.6) is 0 Å². The van der Waals surface area contributed by atoms with Crippen molar-refractivity contribution >= 4 is 29.2 Å². The number of hydrogen-bond acceptors (Lipinski definition) is 5. The zero-order valence-corrected chi connectivity index (χ0v) is 25.9. The van der Waals surface area contributed by atoms with Gasteiger partial charge in [0.15, 0.2) is 5.82 Å². The number of carbonyl (C=O) groups excluding carboxylic acids is 1. The SMILES string of the molecule is C=C.CC(F)(F)F.C\C=C/C=C\C(=C/C)CN1NC(=O)CN(c2ccc(-c3nc(/C=C\CC)c(C)[nH]3)cc2)c2cccnc21. The van der Waals surface area contributed by atoms with Gasteiger partial charge in [-0.2, -0.15) is 13.2 Å². The number of aromatic nitrogens is 3. The van der Waals surface area contributed by atoms with E-state index in [1.807, 2.05) is 104 Å². The van der Waals surface area contributed by atoms with Gasteiger partial charge >= 0.3 is 6.18 Å². The molecule has 3 aromatic rings. The number of aryl methyl sites for hydroxylation is 1. The third-order valence-corrected chi connectivity index (χ3v) is 6.09. The van der Waals surface area contributed by atoms with E-state index in [0.717, 1.165) is 46.1 Å². The molecule has 0 aliphatic carbocycles. The standard InChI is InChI=1S/C30H34N6O.C2H3F3.C2H4/c1-5-8-10-12-23(7-3)20-36-30-27(14-11-19-31-30)35(21-28(37)34-36)25-17-15-24(16-18-25)29-32-22(4)26(33-29)13-9-6-2;1-2(3,4)5;1-2/h5,7-19H,6,20-21H2,1-4H3,(H,32,33)(H,34,37);1H3;1-2H2/b8-5-,12-10-,13-9-,23-7+;;. The van der Waals surface area contributed by atoms with E-state index >= 15 is 0 Å². The molecule has 234 valence electrons. The number of H-pyrrole nitrogens is 1. The number of hydrogen-bond donors (Lipinski definition) is 2. The number of benzene rings is 1. The highest BCUT2D eigenvalue weighted by molar-refractivity contribution is 5.91. The van der Waals surface area contributed by atoms with Crippen molar-refractivity contribution in [1.82, 2.24) is 20.4 Å². The number of allylic oxidation sites excluding steroid dienone is 5. The van der Waals surface area contributed by atoms with Gasteiger partial charge in [-0.25, -0.2) is 9.97 Å². The molecule has 0 radical (unpaired) electrons. The third kappa shape index (κ3) is 10.8. The zero-order chi connectivity index (χ0) is 32.7. The average molecular weight is 607 g/mol. The number of fused-ring (bicyclic) bond motifs is 1. The van der Waals surface area contributed by atoms with Crippen LogP contribution in [0.25, 0.3) is 17.5 Å². The number of rotatable bonds is 8. The van der Waals surface area contributed by atoms with E-state index in [1.165, 1.54) is 0 Å². The Morgan fingerprint density at radius 2 is 1.80 bits per heavy atom. The normalized spacial score (nSPS) is 13.7. The summed E-state index contributed by atoms with van der Waals surface area (Å²) in [5, 5.41) is 1.82. The molecule has 0 saturated heterocycles. The van der Waals surface area contributed by atoms with E-state index in [0.29, 0.717) is 12.4 Å². The van der Waals surface area contributed by atoms with E-state index in [-0.39, 0.29) is 19.4 Å². The summed E-state index contributed by atoms with van der Waals surface area (Å²) >= 11 is 0. The molecule has 0 atom stereocenters. The van der Waals surface area contributed by atoms with Crippen LogP contribution in [-0.2, 0) is 4.79 Å². The summed E-state index contributed by atoms with van der Waals surface area (Å²) < 4.78 is 31.1. The molecule has 4 rings (SSSR count). The van der Waals surface area contributed by atoms with Crippen LogP contribution in [0.2, 0.25) is 0 Å². The lowest BCUT2D eigenvalue weighted by Gasteiger charge is -2.25. The Kier molecular flexibility index (Phi) is 13.9. The van der Waals surface area contributed by atoms with Gasteiger partial charge < -0.3 is 9.88 Å². The predicted octanol–water partition coefficient (Wildman–Crippen LogP) is 8.64. The molecule has 7 nitrogen and oxygen atoms in total. The Labute approximate surface area is 258 Å². The molecule has 1 aromatic carbocycles. The summed E-state index contributed by atoms with van der Waals surface area (Å²) in [6.07, 6.45) is 12.9. The Morgan fingerprint density at radius 1 is 1.11 bits per heavy atom. The second kappa shape index (κ2) is 17.3. The van der Waals surface area contributed by atoms with E-state index in [2.05, 4.69) is 41.6 Å². The van der Waals surface area contributed by atoms with Crippen molar-refractivity contribution in [1.29, 1.82) is 0 Å². The highest BCUT2D eigenvalue weighted by atomic mass is 19.4. The van der Waals surface area contributed by atoms with Gasteiger partial charge in [0, 0.05) is 30.1 Å². The quantitative estimate of drug-likeness (QED) is 0.198. The average Bonchev–Trinajstić information content (AvgIpc) is 3.31. The van der Waals surface area contributed by atoms with Gasteiger partial charge in [0.2, 0.25) is 0 Å². The summed E-state index contributed by atoms with van der Waals surface area (Å²) in [5.74, 6) is 1.42. The molecule has 0 bridgehead atoms. The fraction of sp³-hybridized carbons (Fsp3) is 0.265. The van der Waals surface area contributed by atoms with Gasteiger partial charge in [0.25, 0.3) is 5.91 Å². The number of imidazole rings is 1. The lowest BCUT2D eigenvalue weighted by molar-refractivity contribution is -0.119. The number of nitrogens with one attached hydrogen (secondary N) is 2. The number of alkyl halides is 3. The van der Waals surface area contributed by atoms with Crippen LogP contribution in [0.3, 0.4) is 0 Å². The molecular formula is C34H41F3N6O. The molecule has 1 aliphatic rings. The van der Waals surface area contributed by atoms with Crippen molar-refractivity contribution in [3.05, 3.63) is 109 Å². The van der Waals surface area contributed by atoms with E-state index < -0.39 is 6.18 Å². The molecule has 0 spiro atoms. The van der Waals surface area contributed by atoms with Crippen molar-refractivity contribution in [3.63, 3.8) is 0 Å². The molecule has 2 aromatic heterocycles. The van der Waals surface area contributed by atoms with E-state index in [4.69, 9.17) is 4.98 Å². The maximum Gasteiger partial charge on any atom is 0.386 e. The second-order valence-corrected chi connectivity index (χ2v) is 9.54. The first-order valence-corrected chi connectivity index (χ1v) is 14.2. The topological polar surface area (TPSA) is 77.2 Å². The number of hydrazine groups is 1. The van der Waals surface area contributed by atoms with Crippen molar-refractivity contribution in [3.8, 4) is 11.4 Å². The molecule has 10 heteroatoms.